The number of ether oxygens (including phenoxy) is 1. The molecule has 0 aromatic heterocycles. The summed E-state index contributed by atoms with van der Waals surface area (Å²) in [5, 5.41) is 5.47. The number of rotatable bonds is 7. The van der Waals surface area contributed by atoms with Gasteiger partial charge in [0.15, 0.2) is 0 Å². The molecule has 1 atom stereocenters. The second-order valence-electron chi connectivity index (χ2n) is 7.25. The fourth-order valence-corrected chi connectivity index (χ4v) is 4.53. The molecule has 1 aromatic carbocycles. The summed E-state index contributed by atoms with van der Waals surface area (Å²) in [5.41, 5.74) is 0. The molecule has 1 aliphatic rings. The summed E-state index contributed by atoms with van der Waals surface area (Å²) >= 11 is 0. The lowest BCUT2D eigenvalue weighted by Gasteiger charge is -2.31. The minimum Gasteiger partial charge on any atom is -0.497 e. The Bertz CT molecular complexity index is 784. The van der Waals surface area contributed by atoms with E-state index in [1.807, 2.05) is 13.8 Å². The highest BCUT2D eigenvalue weighted by Gasteiger charge is 2.33. The summed E-state index contributed by atoms with van der Waals surface area (Å²) in [6.45, 7) is 5.87. The fourth-order valence-electron chi connectivity index (χ4n) is 3.06. The van der Waals surface area contributed by atoms with Crippen LogP contribution in [0.15, 0.2) is 29.2 Å². The Labute approximate surface area is 166 Å². The van der Waals surface area contributed by atoms with Crippen LogP contribution in [-0.2, 0) is 19.6 Å². The van der Waals surface area contributed by atoms with Gasteiger partial charge in [0.05, 0.1) is 12.0 Å². The maximum Gasteiger partial charge on any atom is 0.243 e. The third-order valence-electron chi connectivity index (χ3n) is 4.70. The third kappa shape index (κ3) is 5.45. The van der Waals surface area contributed by atoms with E-state index in [0.717, 1.165) is 0 Å². The number of benzene rings is 1. The van der Waals surface area contributed by atoms with Gasteiger partial charge in [-0.15, -0.1) is 0 Å². The SMILES string of the molecule is COc1ccc(S(=O)(=O)N2CCC(C(=O)N[C@@H](C)C(=O)NC(C)C)CC2)cc1. The van der Waals surface area contributed by atoms with Crippen molar-refractivity contribution >= 4 is 21.8 Å². The van der Waals surface area contributed by atoms with E-state index < -0.39 is 16.1 Å². The van der Waals surface area contributed by atoms with E-state index in [1.165, 1.54) is 23.5 Å². The van der Waals surface area contributed by atoms with Crippen LogP contribution in [0.3, 0.4) is 0 Å². The standard InChI is InChI=1S/C19H29N3O5S/c1-13(2)20-18(23)14(3)21-19(24)15-9-11-22(12-10-15)28(25,26)17-7-5-16(27-4)6-8-17/h5-8,13-15H,9-12H2,1-4H3,(H,20,23)(H,21,24)/t14-/m0/s1. The van der Waals surface area contributed by atoms with Gasteiger partial charge < -0.3 is 15.4 Å². The van der Waals surface area contributed by atoms with Gasteiger partial charge in [-0.2, -0.15) is 4.31 Å². The van der Waals surface area contributed by atoms with Gasteiger partial charge in [0.2, 0.25) is 21.8 Å². The van der Waals surface area contributed by atoms with Crippen molar-refractivity contribution in [3.05, 3.63) is 24.3 Å². The van der Waals surface area contributed by atoms with Gasteiger partial charge >= 0.3 is 0 Å². The zero-order valence-corrected chi connectivity index (χ0v) is 17.6. The van der Waals surface area contributed by atoms with Gasteiger partial charge in [0, 0.05) is 25.0 Å². The predicted octanol–water partition coefficient (Wildman–Crippen LogP) is 1.13. The summed E-state index contributed by atoms with van der Waals surface area (Å²) in [6, 6.07) is 5.62. The smallest absolute Gasteiger partial charge is 0.243 e. The lowest BCUT2D eigenvalue weighted by molar-refractivity contribution is -0.131. The number of methoxy groups -OCH3 is 1. The Balaban J connectivity index is 1.92. The number of hydrogen-bond donors (Lipinski definition) is 2. The third-order valence-corrected chi connectivity index (χ3v) is 6.62. The van der Waals surface area contributed by atoms with Crippen LogP contribution < -0.4 is 15.4 Å². The summed E-state index contributed by atoms with van der Waals surface area (Å²) in [5.74, 6) is -0.169. The summed E-state index contributed by atoms with van der Waals surface area (Å²) in [7, 11) is -2.08. The molecule has 0 spiro atoms. The Kier molecular flexibility index (Phi) is 7.42. The average Bonchev–Trinajstić information content (AvgIpc) is 2.67. The monoisotopic (exact) mass is 411 g/mol. The van der Waals surface area contributed by atoms with Crippen LogP contribution in [0.4, 0.5) is 0 Å². The van der Waals surface area contributed by atoms with Crippen molar-refractivity contribution < 1.29 is 22.7 Å². The molecule has 8 nitrogen and oxygen atoms in total. The fraction of sp³-hybridized carbons (Fsp3) is 0.579. The average molecular weight is 412 g/mol. The Morgan fingerprint density at radius 2 is 1.64 bits per heavy atom. The minimum absolute atomic E-state index is 0.00162. The van der Waals surface area contributed by atoms with Crippen molar-refractivity contribution in [2.45, 2.75) is 50.6 Å². The van der Waals surface area contributed by atoms with Crippen molar-refractivity contribution in [2.24, 2.45) is 5.92 Å². The zero-order chi connectivity index (χ0) is 20.9. The van der Waals surface area contributed by atoms with E-state index in [4.69, 9.17) is 4.74 Å². The van der Waals surface area contributed by atoms with Crippen molar-refractivity contribution in [3.63, 3.8) is 0 Å². The number of nitrogens with zero attached hydrogens (tertiary/aromatic N) is 1. The molecule has 28 heavy (non-hydrogen) atoms. The second kappa shape index (κ2) is 9.38. The van der Waals surface area contributed by atoms with Gasteiger partial charge in [0.1, 0.15) is 11.8 Å². The number of sulfonamides is 1. The molecule has 0 radical (unpaired) electrons. The molecule has 2 rings (SSSR count). The normalized spacial score (nSPS) is 17.2. The van der Waals surface area contributed by atoms with Gasteiger partial charge in [-0.1, -0.05) is 0 Å². The van der Waals surface area contributed by atoms with E-state index in [1.54, 1.807) is 19.1 Å². The lowest BCUT2D eigenvalue weighted by Crippen LogP contribution is -2.50. The predicted molar refractivity (Wildman–Crippen MR) is 105 cm³/mol. The molecule has 0 aliphatic carbocycles. The van der Waals surface area contributed by atoms with E-state index >= 15 is 0 Å². The molecule has 1 heterocycles. The van der Waals surface area contributed by atoms with E-state index in [-0.39, 0.29) is 41.8 Å². The summed E-state index contributed by atoms with van der Waals surface area (Å²) in [6.07, 6.45) is 0.833. The van der Waals surface area contributed by atoms with Gasteiger partial charge in [-0.3, -0.25) is 9.59 Å². The highest BCUT2D eigenvalue weighted by molar-refractivity contribution is 7.89. The van der Waals surface area contributed by atoms with Crippen LogP contribution >= 0.6 is 0 Å². The first kappa shape index (κ1) is 22.2. The molecule has 1 fully saturated rings. The van der Waals surface area contributed by atoms with E-state index in [0.29, 0.717) is 18.6 Å². The number of hydrogen-bond acceptors (Lipinski definition) is 5. The lowest BCUT2D eigenvalue weighted by atomic mass is 9.97. The van der Waals surface area contributed by atoms with Gasteiger partial charge in [-0.25, -0.2) is 8.42 Å². The molecule has 0 bridgehead atoms. The van der Waals surface area contributed by atoms with Crippen LogP contribution in [0.1, 0.15) is 33.6 Å². The van der Waals surface area contributed by atoms with Crippen LogP contribution in [-0.4, -0.2) is 56.8 Å². The van der Waals surface area contributed by atoms with Crippen LogP contribution in [0.25, 0.3) is 0 Å². The molecule has 1 saturated heterocycles. The first-order valence-electron chi connectivity index (χ1n) is 9.40. The van der Waals surface area contributed by atoms with Crippen molar-refractivity contribution in [1.82, 2.24) is 14.9 Å². The molecule has 1 aliphatic heterocycles. The summed E-state index contributed by atoms with van der Waals surface area (Å²) < 4.78 is 32.0. The molecule has 0 saturated carbocycles. The molecule has 2 N–H and O–H groups in total. The number of nitrogens with one attached hydrogen (secondary N) is 2. The Morgan fingerprint density at radius 3 is 2.14 bits per heavy atom. The van der Waals surface area contributed by atoms with Crippen LogP contribution in [0.2, 0.25) is 0 Å². The van der Waals surface area contributed by atoms with Crippen molar-refractivity contribution in [3.8, 4) is 5.75 Å². The number of carbonyl (C=O) groups is 2. The van der Waals surface area contributed by atoms with E-state index in [2.05, 4.69) is 10.6 Å². The molecule has 0 unspecified atom stereocenters. The molecule has 156 valence electrons. The maximum atomic E-state index is 12.8. The van der Waals surface area contributed by atoms with Gasteiger partial charge in [0.25, 0.3) is 0 Å². The number of piperidine rings is 1. The zero-order valence-electron chi connectivity index (χ0n) is 16.8. The summed E-state index contributed by atoms with van der Waals surface area (Å²) in [4.78, 5) is 24.6. The molecule has 2 amide bonds. The highest BCUT2D eigenvalue weighted by Crippen LogP contribution is 2.25. The van der Waals surface area contributed by atoms with Crippen molar-refractivity contribution in [2.75, 3.05) is 20.2 Å². The topological polar surface area (TPSA) is 105 Å². The molecule has 9 heteroatoms. The van der Waals surface area contributed by atoms with Gasteiger partial charge in [-0.05, 0) is 57.9 Å². The first-order valence-corrected chi connectivity index (χ1v) is 10.8. The second-order valence-corrected chi connectivity index (χ2v) is 9.19. The number of carbonyl (C=O) groups excluding carboxylic acids is 2. The Hall–Kier alpha value is -2.13. The van der Waals surface area contributed by atoms with Crippen LogP contribution in [0, 0.1) is 5.92 Å². The van der Waals surface area contributed by atoms with Crippen LogP contribution in [0.5, 0.6) is 5.75 Å². The molecular formula is C19H29N3O5S. The largest absolute Gasteiger partial charge is 0.497 e. The first-order chi connectivity index (χ1) is 13.1. The molecular weight excluding hydrogens is 382 g/mol. The number of amides is 2. The quantitative estimate of drug-likeness (QED) is 0.700. The maximum absolute atomic E-state index is 12.8. The Morgan fingerprint density at radius 1 is 1.07 bits per heavy atom. The van der Waals surface area contributed by atoms with Crippen molar-refractivity contribution in [1.29, 1.82) is 0 Å². The van der Waals surface area contributed by atoms with E-state index in [9.17, 15) is 18.0 Å². The minimum atomic E-state index is -3.60. The highest BCUT2D eigenvalue weighted by atomic mass is 32.2. The molecule has 1 aromatic rings.